The van der Waals surface area contributed by atoms with Crippen molar-refractivity contribution >= 4 is 0 Å². The smallest absolute Gasteiger partial charge is 0.146 e. The van der Waals surface area contributed by atoms with Gasteiger partial charge < -0.3 is 5.84 Å². The summed E-state index contributed by atoms with van der Waals surface area (Å²) in [7, 11) is 0. The summed E-state index contributed by atoms with van der Waals surface area (Å²) < 4.78 is 1.37. The third-order valence-corrected chi connectivity index (χ3v) is 1.57. The summed E-state index contributed by atoms with van der Waals surface area (Å²) in [6, 6.07) is 3.79. The summed E-state index contributed by atoms with van der Waals surface area (Å²) in [6.45, 7) is 3.74. The molecule has 0 aliphatic carbocycles. The molecular weight excluding hydrogens is 126 g/mol. The molecule has 0 aliphatic heterocycles. The van der Waals surface area contributed by atoms with E-state index in [0.29, 0.717) is 5.49 Å². The highest BCUT2D eigenvalue weighted by Crippen LogP contribution is 1.91. The van der Waals surface area contributed by atoms with Crippen LogP contribution in [0.15, 0.2) is 12.1 Å². The third-order valence-electron chi connectivity index (χ3n) is 1.57. The van der Waals surface area contributed by atoms with Gasteiger partial charge in [-0.15, -0.1) is 0 Å². The minimum Gasteiger partial charge on any atom is -0.338 e. The van der Waals surface area contributed by atoms with E-state index in [0.717, 1.165) is 11.3 Å². The Labute approximate surface area is 59.6 Å². The molecule has 0 aliphatic rings. The standard InChI is InChI=1S/C7H11N3/c1-5-3-4-6(2)10(9)7(5)8/h3-4,8H,9H2,1-2H3. The normalized spacial score (nSPS) is 9.80. The fourth-order valence-corrected chi connectivity index (χ4v) is 0.771. The summed E-state index contributed by atoms with van der Waals surface area (Å²) >= 11 is 0. The Morgan fingerprint density at radius 3 is 2.50 bits per heavy atom. The molecule has 1 aromatic heterocycles. The largest absolute Gasteiger partial charge is 0.338 e. The molecule has 1 heterocycles. The van der Waals surface area contributed by atoms with Crippen molar-refractivity contribution in [1.82, 2.24) is 4.68 Å². The van der Waals surface area contributed by atoms with Crippen LogP contribution in [0.25, 0.3) is 0 Å². The molecule has 0 bridgehead atoms. The molecule has 0 radical (unpaired) electrons. The Morgan fingerprint density at radius 1 is 1.40 bits per heavy atom. The zero-order valence-electron chi connectivity index (χ0n) is 6.18. The van der Waals surface area contributed by atoms with Crippen molar-refractivity contribution in [3.63, 3.8) is 0 Å². The first-order chi connectivity index (χ1) is 4.63. The number of aryl methyl sites for hydroxylation is 2. The van der Waals surface area contributed by atoms with E-state index in [1.54, 1.807) is 0 Å². The number of nitrogens with one attached hydrogen (secondary N) is 1. The van der Waals surface area contributed by atoms with Crippen LogP contribution < -0.4 is 11.3 Å². The minimum absolute atomic E-state index is 0.375. The molecule has 3 nitrogen and oxygen atoms in total. The number of pyridine rings is 1. The van der Waals surface area contributed by atoms with Gasteiger partial charge in [0.05, 0.1) is 0 Å². The summed E-state index contributed by atoms with van der Waals surface area (Å²) in [5, 5.41) is 7.42. The first kappa shape index (κ1) is 6.86. The van der Waals surface area contributed by atoms with E-state index in [9.17, 15) is 0 Å². The van der Waals surface area contributed by atoms with Crippen LogP contribution in [0.2, 0.25) is 0 Å². The highest BCUT2D eigenvalue weighted by atomic mass is 15.3. The van der Waals surface area contributed by atoms with Crippen molar-refractivity contribution in [2.45, 2.75) is 13.8 Å². The van der Waals surface area contributed by atoms with Crippen LogP contribution in [0.3, 0.4) is 0 Å². The Morgan fingerprint density at radius 2 is 2.00 bits per heavy atom. The molecule has 0 spiro atoms. The molecule has 0 amide bonds. The van der Waals surface area contributed by atoms with Gasteiger partial charge in [0, 0.05) is 5.69 Å². The van der Waals surface area contributed by atoms with Crippen LogP contribution in [-0.4, -0.2) is 4.68 Å². The fourth-order valence-electron chi connectivity index (χ4n) is 0.771. The maximum absolute atomic E-state index is 7.42. The van der Waals surface area contributed by atoms with Crippen LogP contribution in [0, 0.1) is 19.3 Å². The van der Waals surface area contributed by atoms with Gasteiger partial charge >= 0.3 is 0 Å². The molecule has 1 aromatic rings. The first-order valence-corrected chi connectivity index (χ1v) is 3.12. The Hall–Kier alpha value is -1.25. The number of nitrogens with two attached hydrogens (primary N) is 1. The molecule has 0 atom stereocenters. The molecule has 0 saturated heterocycles. The van der Waals surface area contributed by atoms with Gasteiger partial charge in [0.2, 0.25) is 0 Å². The molecule has 10 heavy (non-hydrogen) atoms. The Kier molecular flexibility index (Phi) is 1.49. The average molecular weight is 137 g/mol. The topological polar surface area (TPSA) is 54.8 Å². The van der Waals surface area contributed by atoms with Gasteiger partial charge in [0.25, 0.3) is 0 Å². The number of hydrogen-bond donors (Lipinski definition) is 2. The summed E-state index contributed by atoms with van der Waals surface area (Å²) in [5.41, 5.74) is 2.17. The second-order valence-electron chi connectivity index (χ2n) is 2.38. The zero-order chi connectivity index (χ0) is 7.72. The van der Waals surface area contributed by atoms with Crippen molar-refractivity contribution in [2.24, 2.45) is 0 Å². The predicted molar refractivity (Wildman–Crippen MR) is 39.9 cm³/mol. The fraction of sp³-hybridized carbons (Fsp3) is 0.286. The summed E-state index contributed by atoms with van der Waals surface area (Å²) in [5.74, 6) is 5.51. The van der Waals surface area contributed by atoms with Crippen LogP contribution in [0.5, 0.6) is 0 Å². The Balaban J connectivity index is 3.50. The highest BCUT2D eigenvalue weighted by Gasteiger charge is 1.93. The maximum Gasteiger partial charge on any atom is 0.146 e. The lowest BCUT2D eigenvalue weighted by molar-refractivity contribution is 0.826. The molecule has 0 aromatic carbocycles. The van der Waals surface area contributed by atoms with Crippen LogP contribution in [-0.2, 0) is 0 Å². The van der Waals surface area contributed by atoms with Gasteiger partial charge in [-0.25, -0.2) is 4.68 Å². The molecular formula is C7H11N3. The van der Waals surface area contributed by atoms with Crippen molar-refractivity contribution in [2.75, 3.05) is 5.84 Å². The second-order valence-corrected chi connectivity index (χ2v) is 2.38. The van der Waals surface area contributed by atoms with Gasteiger partial charge in [-0.3, -0.25) is 5.41 Å². The van der Waals surface area contributed by atoms with Gasteiger partial charge in [0.15, 0.2) is 0 Å². The van der Waals surface area contributed by atoms with Gasteiger partial charge in [0.1, 0.15) is 5.49 Å². The number of aromatic nitrogens is 1. The molecule has 3 heteroatoms. The summed E-state index contributed by atoms with van der Waals surface area (Å²) in [4.78, 5) is 0. The van der Waals surface area contributed by atoms with Crippen molar-refractivity contribution in [3.05, 3.63) is 28.9 Å². The lowest BCUT2D eigenvalue weighted by Gasteiger charge is -2.04. The van der Waals surface area contributed by atoms with E-state index >= 15 is 0 Å². The molecule has 3 N–H and O–H groups in total. The summed E-state index contributed by atoms with van der Waals surface area (Å²) in [6.07, 6.45) is 0. The second kappa shape index (κ2) is 2.17. The first-order valence-electron chi connectivity index (χ1n) is 3.12. The quantitative estimate of drug-likeness (QED) is 0.496. The van der Waals surface area contributed by atoms with Crippen molar-refractivity contribution in [3.8, 4) is 0 Å². The third kappa shape index (κ3) is 0.900. The minimum atomic E-state index is 0.375. The van der Waals surface area contributed by atoms with E-state index in [-0.39, 0.29) is 0 Å². The monoisotopic (exact) mass is 137 g/mol. The van der Waals surface area contributed by atoms with E-state index in [1.807, 2.05) is 26.0 Å². The van der Waals surface area contributed by atoms with Crippen LogP contribution >= 0.6 is 0 Å². The zero-order valence-corrected chi connectivity index (χ0v) is 6.18. The van der Waals surface area contributed by atoms with Crippen LogP contribution in [0.4, 0.5) is 0 Å². The predicted octanol–water partition coefficient (Wildman–Crippen LogP) is 0.298. The van der Waals surface area contributed by atoms with E-state index in [4.69, 9.17) is 11.3 Å². The maximum atomic E-state index is 7.42. The molecule has 0 unspecified atom stereocenters. The molecule has 0 saturated carbocycles. The van der Waals surface area contributed by atoms with Gasteiger partial charge in [-0.05, 0) is 25.5 Å². The van der Waals surface area contributed by atoms with Crippen molar-refractivity contribution < 1.29 is 0 Å². The van der Waals surface area contributed by atoms with Gasteiger partial charge in [-0.2, -0.15) is 0 Å². The van der Waals surface area contributed by atoms with Gasteiger partial charge in [-0.1, -0.05) is 6.07 Å². The SMILES string of the molecule is Cc1ccc(C)n(N)c1=N. The van der Waals surface area contributed by atoms with Crippen LogP contribution in [0.1, 0.15) is 11.3 Å². The van der Waals surface area contributed by atoms with E-state index in [2.05, 4.69) is 0 Å². The molecule has 1 rings (SSSR count). The molecule has 0 fully saturated rings. The van der Waals surface area contributed by atoms with Crippen molar-refractivity contribution in [1.29, 1.82) is 5.41 Å². The van der Waals surface area contributed by atoms with E-state index < -0.39 is 0 Å². The number of hydrogen-bond acceptors (Lipinski definition) is 2. The van der Waals surface area contributed by atoms with E-state index in [1.165, 1.54) is 4.68 Å². The number of nitrogen functional groups attached to an aromatic ring is 1. The lowest BCUT2D eigenvalue weighted by atomic mass is 10.3. The number of rotatable bonds is 0. The lowest BCUT2D eigenvalue weighted by Crippen LogP contribution is -2.30. The number of nitrogens with zero attached hydrogens (tertiary/aromatic N) is 1. The Bertz CT molecular complexity index is 298. The average Bonchev–Trinajstić information content (AvgIpc) is 1.93. The highest BCUT2D eigenvalue weighted by molar-refractivity contribution is 5.12. The molecule has 54 valence electrons.